The van der Waals surface area contributed by atoms with E-state index in [4.69, 9.17) is 9.47 Å². The summed E-state index contributed by atoms with van der Waals surface area (Å²) in [6.45, 7) is 3.08. The third kappa shape index (κ3) is 3.27. The number of benzene rings is 1. The van der Waals surface area contributed by atoms with E-state index in [0.717, 1.165) is 61.5 Å². The number of rotatable bonds is 4. The van der Waals surface area contributed by atoms with Crippen molar-refractivity contribution in [2.45, 2.75) is 37.8 Å². The molecule has 1 aromatic heterocycles. The first-order chi connectivity index (χ1) is 13.3. The number of aromatic nitrogens is 2. The second-order valence-electron chi connectivity index (χ2n) is 7.45. The SMILES string of the molecule is O=C(c1cc(-c2ccc3c(c2)OCCO3)n[nH]1)N(C1CCNCC1)C1CC1. The molecule has 2 aromatic rings. The number of hydrogen-bond acceptors (Lipinski definition) is 5. The number of fused-ring (bicyclic) bond motifs is 1. The van der Waals surface area contributed by atoms with Gasteiger partial charge in [0.1, 0.15) is 18.9 Å². The Kier molecular flexibility index (Phi) is 4.24. The van der Waals surface area contributed by atoms with E-state index in [1.54, 1.807) is 0 Å². The lowest BCUT2D eigenvalue weighted by Crippen LogP contribution is -2.47. The summed E-state index contributed by atoms with van der Waals surface area (Å²) in [5.74, 6) is 1.55. The molecule has 1 saturated heterocycles. The van der Waals surface area contributed by atoms with Gasteiger partial charge in [-0.1, -0.05) is 0 Å². The molecular formula is C20H24N4O3. The lowest BCUT2D eigenvalue weighted by atomic mass is 10.0. The zero-order valence-corrected chi connectivity index (χ0v) is 15.2. The molecule has 0 bridgehead atoms. The number of H-pyrrole nitrogens is 1. The highest BCUT2D eigenvalue weighted by molar-refractivity contribution is 5.94. The number of nitrogens with one attached hydrogen (secondary N) is 2. The topological polar surface area (TPSA) is 79.5 Å². The molecule has 2 fully saturated rings. The van der Waals surface area contributed by atoms with Crippen LogP contribution in [0, 0.1) is 0 Å². The van der Waals surface area contributed by atoms with Crippen molar-refractivity contribution in [1.29, 1.82) is 0 Å². The maximum Gasteiger partial charge on any atom is 0.272 e. The molecule has 2 N–H and O–H groups in total. The average Bonchev–Trinajstić information content (AvgIpc) is 3.42. The van der Waals surface area contributed by atoms with Gasteiger partial charge in [-0.2, -0.15) is 5.10 Å². The van der Waals surface area contributed by atoms with Crippen molar-refractivity contribution in [2.75, 3.05) is 26.3 Å². The molecule has 3 heterocycles. The van der Waals surface area contributed by atoms with Gasteiger partial charge in [0.15, 0.2) is 11.5 Å². The van der Waals surface area contributed by atoms with E-state index < -0.39 is 0 Å². The fourth-order valence-corrected chi connectivity index (χ4v) is 3.99. The van der Waals surface area contributed by atoms with Crippen LogP contribution in [-0.2, 0) is 0 Å². The minimum absolute atomic E-state index is 0.0701. The summed E-state index contributed by atoms with van der Waals surface area (Å²) in [7, 11) is 0. The van der Waals surface area contributed by atoms with E-state index in [2.05, 4.69) is 20.4 Å². The molecule has 0 radical (unpaired) electrons. The van der Waals surface area contributed by atoms with Crippen LogP contribution < -0.4 is 14.8 Å². The molecule has 1 aliphatic carbocycles. The largest absolute Gasteiger partial charge is 0.486 e. The van der Waals surface area contributed by atoms with Gasteiger partial charge in [0.05, 0.1) is 5.69 Å². The highest BCUT2D eigenvalue weighted by atomic mass is 16.6. The van der Waals surface area contributed by atoms with E-state index in [9.17, 15) is 4.79 Å². The molecule has 0 unspecified atom stereocenters. The number of nitrogens with zero attached hydrogens (tertiary/aromatic N) is 2. The van der Waals surface area contributed by atoms with E-state index in [1.165, 1.54) is 0 Å². The number of piperidine rings is 1. The maximum absolute atomic E-state index is 13.2. The zero-order valence-electron chi connectivity index (χ0n) is 15.2. The summed E-state index contributed by atoms with van der Waals surface area (Å²) in [5, 5.41) is 10.7. The van der Waals surface area contributed by atoms with Crippen LogP contribution in [0.5, 0.6) is 11.5 Å². The second kappa shape index (κ2) is 6.88. The van der Waals surface area contributed by atoms with Crippen molar-refractivity contribution in [2.24, 2.45) is 0 Å². The summed E-state index contributed by atoms with van der Waals surface area (Å²) in [5.41, 5.74) is 2.22. The quantitative estimate of drug-likeness (QED) is 0.865. The van der Waals surface area contributed by atoms with Crippen molar-refractivity contribution in [3.63, 3.8) is 0 Å². The summed E-state index contributed by atoms with van der Waals surface area (Å²) >= 11 is 0. The minimum atomic E-state index is 0.0701. The molecular weight excluding hydrogens is 344 g/mol. The summed E-state index contributed by atoms with van der Waals surface area (Å²) in [6, 6.07) is 8.33. The van der Waals surface area contributed by atoms with Crippen LogP contribution in [0.15, 0.2) is 24.3 Å². The molecule has 5 rings (SSSR count). The van der Waals surface area contributed by atoms with E-state index in [0.29, 0.717) is 31.0 Å². The van der Waals surface area contributed by atoms with Gasteiger partial charge >= 0.3 is 0 Å². The van der Waals surface area contributed by atoms with Gasteiger partial charge in [0.2, 0.25) is 0 Å². The molecule has 7 nitrogen and oxygen atoms in total. The third-order valence-electron chi connectivity index (χ3n) is 5.52. The summed E-state index contributed by atoms with van der Waals surface area (Å²) in [6.07, 6.45) is 4.26. The van der Waals surface area contributed by atoms with Crippen LogP contribution >= 0.6 is 0 Å². The molecule has 27 heavy (non-hydrogen) atoms. The van der Waals surface area contributed by atoms with Crippen molar-refractivity contribution in [3.05, 3.63) is 30.0 Å². The molecule has 1 amide bonds. The Bertz CT molecular complexity index is 840. The Hall–Kier alpha value is -2.54. The molecule has 142 valence electrons. The number of amides is 1. The molecule has 1 aromatic carbocycles. The molecule has 2 aliphatic heterocycles. The third-order valence-corrected chi connectivity index (χ3v) is 5.52. The molecule has 7 heteroatoms. The predicted octanol–water partition coefficient (Wildman–Crippen LogP) is 2.20. The Morgan fingerprint density at radius 1 is 1.00 bits per heavy atom. The van der Waals surface area contributed by atoms with Crippen LogP contribution in [0.4, 0.5) is 0 Å². The molecule has 0 atom stereocenters. The summed E-state index contributed by atoms with van der Waals surface area (Å²) < 4.78 is 11.2. The fraction of sp³-hybridized carbons (Fsp3) is 0.500. The molecule has 3 aliphatic rings. The standard InChI is InChI=1S/C20H24N4O3/c25-20(24(14-2-3-14)15-5-7-21-8-6-15)17-12-16(22-23-17)13-1-4-18-19(11-13)27-10-9-26-18/h1,4,11-12,14-15,21H,2-3,5-10H2,(H,22,23). The highest BCUT2D eigenvalue weighted by Crippen LogP contribution is 2.35. The molecule has 1 saturated carbocycles. The van der Waals surface area contributed by atoms with Crippen molar-refractivity contribution >= 4 is 5.91 Å². The van der Waals surface area contributed by atoms with Crippen LogP contribution in [0.2, 0.25) is 0 Å². The second-order valence-corrected chi connectivity index (χ2v) is 7.45. The zero-order chi connectivity index (χ0) is 18.2. The first-order valence-corrected chi connectivity index (χ1v) is 9.78. The van der Waals surface area contributed by atoms with Crippen molar-refractivity contribution in [3.8, 4) is 22.8 Å². The fourth-order valence-electron chi connectivity index (χ4n) is 3.99. The molecule has 0 spiro atoms. The van der Waals surface area contributed by atoms with Gasteiger partial charge in [-0.05, 0) is 63.0 Å². The normalized spacial score (nSPS) is 19.7. The predicted molar refractivity (Wildman–Crippen MR) is 100 cm³/mol. The number of carbonyl (C=O) groups excluding carboxylic acids is 1. The van der Waals surface area contributed by atoms with Gasteiger partial charge < -0.3 is 19.7 Å². The number of carbonyl (C=O) groups is 1. The van der Waals surface area contributed by atoms with Gasteiger partial charge in [0, 0.05) is 17.6 Å². The van der Waals surface area contributed by atoms with Crippen LogP contribution in [0.3, 0.4) is 0 Å². The van der Waals surface area contributed by atoms with E-state index in [-0.39, 0.29) is 5.91 Å². The maximum atomic E-state index is 13.2. The van der Waals surface area contributed by atoms with Gasteiger partial charge in [-0.3, -0.25) is 9.89 Å². The average molecular weight is 368 g/mol. The van der Waals surface area contributed by atoms with Gasteiger partial charge in [0.25, 0.3) is 5.91 Å². The number of aromatic amines is 1. The Balaban J connectivity index is 1.38. The summed E-state index contributed by atoms with van der Waals surface area (Å²) in [4.78, 5) is 15.3. The first-order valence-electron chi connectivity index (χ1n) is 9.78. The van der Waals surface area contributed by atoms with E-state index in [1.807, 2.05) is 24.3 Å². The van der Waals surface area contributed by atoms with E-state index >= 15 is 0 Å². The van der Waals surface area contributed by atoms with Crippen LogP contribution in [0.1, 0.15) is 36.2 Å². The van der Waals surface area contributed by atoms with Gasteiger partial charge in [-0.25, -0.2) is 0 Å². The van der Waals surface area contributed by atoms with Crippen molar-refractivity contribution in [1.82, 2.24) is 20.4 Å². The van der Waals surface area contributed by atoms with Crippen LogP contribution in [0.25, 0.3) is 11.3 Å². The monoisotopic (exact) mass is 368 g/mol. The highest BCUT2D eigenvalue weighted by Gasteiger charge is 2.38. The number of hydrogen-bond donors (Lipinski definition) is 2. The van der Waals surface area contributed by atoms with Gasteiger partial charge in [-0.15, -0.1) is 0 Å². The minimum Gasteiger partial charge on any atom is -0.486 e. The lowest BCUT2D eigenvalue weighted by Gasteiger charge is -2.34. The first kappa shape index (κ1) is 16.6. The number of ether oxygens (including phenoxy) is 2. The lowest BCUT2D eigenvalue weighted by molar-refractivity contribution is 0.0617. The smallest absolute Gasteiger partial charge is 0.272 e. The Labute approximate surface area is 158 Å². The van der Waals surface area contributed by atoms with Crippen LogP contribution in [-0.4, -0.2) is 59.4 Å². The van der Waals surface area contributed by atoms with Crippen molar-refractivity contribution < 1.29 is 14.3 Å². The Morgan fingerprint density at radius 2 is 1.74 bits per heavy atom. The Morgan fingerprint density at radius 3 is 2.52 bits per heavy atom.